The summed E-state index contributed by atoms with van der Waals surface area (Å²) in [5.41, 5.74) is 0.995. The zero-order valence-electron chi connectivity index (χ0n) is 9.62. The van der Waals surface area contributed by atoms with Gasteiger partial charge >= 0.3 is 5.97 Å². The molecule has 0 aliphatic carbocycles. The number of carbonyl (C=O) groups excluding carboxylic acids is 1. The SMILES string of the molecule is CCCC(C)C(=O)Oc1ccccc1C. The van der Waals surface area contributed by atoms with Gasteiger partial charge in [-0.25, -0.2) is 0 Å². The van der Waals surface area contributed by atoms with Crippen LogP contribution in [0.3, 0.4) is 0 Å². The average Bonchev–Trinajstić information content (AvgIpc) is 2.21. The second kappa shape index (κ2) is 5.54. The molecule has 0 aliphatic rings. The molecule has 1 unspecified atom stereocenters. The first-order chi connectivity index (χ1) is 7.15. The third-order valence-electron chi connectivity index (χ3n) is 2.43. The van der Waals surface area contributed by atoms with E-state index in [1.165, 1.54) is 0 Å². The number of ether oxygens (including phenoxy) is 1. The molecule has 0 aliphatic heterocycles. The Kier molecular flexibility index (Phi) is 4.35. The van der Waals surface area contributed by atoms with E-state index in [-0.39, 0.29) is 11.9 Å². The molecule has 1 aromatic carbocycles. The molecule has 15 heavy (non-hydrogen) atoms. The Bertz CT molecular complexity index is 331. The Morgan fingerprint density at radius 2 is 2.07 bits per heavy atom. The maximum absolute atomic E-state index is 11.6. The first kappa shape index (κ1) is 11.8. The number of benzene rings is 1. The quantitative estimate of drug-likeness (QED) is 0.558. The molecule has 0 bridgehead atoms. The fourth-order valence-corrected chi connectivity index (χ4v) is 1.43. The highest BCUT2D eigenvalue weighted by molar-refractivity contribution is 5.75. The zero-order valence-corrected chi connectivity index (χ0v) is 9.62. The third kappa shape index (κ3) is 3.39. The molecular formula is C13H18O2. The predicted octanol–water partition coefficient (Wildman–Crippen LogP) is 3.34. The van der Waals surface area contributed by atoms with Crippen molar-refractivity contribution in [3.63, 3.8) is 0 Å². The lowest BCUT2D eigenvalue weighted by molar-refractivity contribution is -0.138. The second-order valence-corrected chi connectivity index (χ2v) is 3.88. The molecule has 0 radical (unpaired) electrons. The molecule has 0 fully saturated rings. The number of rotatable bonds is 4. The van der Waals surface area contributed by atoms with Crippen LogP contribution in [0, 0.1) is 12.8 Å². The van der Waals surface area contributed by atoms with Gasteiger partial charge in [-0.2, -0.15) is 0 Å². The van der Waals surface area contributed by atoms with Crippen molar-refractivity contribution in [2.24, 2.45) is 5.92 Å². The topological polar surface area (TPSA) is 26.3 Å². The molecule has 1 rings (SSSR count). The first-order valence-corrected chi connectivity index (χ1v) is 5.42. The molecule has 1 aromatic rings. The Labute approximate surface area is 91.3 Å². The van der Waals surface area contributed by atoms with Gasteiger partial charge in [-0.1, -0.05) is 38.5 Å². The van der Waals surface area contributed by atoms with Crippen molar-refractivity contribution in [2.45, 2.75) is 33.6 Å². The number of aryl methyl sites for hydroxylation is 1. The molecule has 0 heterocycles. The summed E-state index contributed by atoms with van der Waals surface area (Å²) in [6, 6.07) is 7.57. The van der Waals surface area contributed by atoms with Crippen molar-refractivity contribution in [3.8, 4) is 5.75 Å². The van der Waals surface area contributed by atoms with E-state index in [1.807, 2.05) is 38.1 Å². The number of hydrogen-bond acceptors (Lipinski definition) is 2. The Hall–Kier alpha value is -1.31. The van der Waals surface area contributed by atoms with Gasteiger partial charge in [-0.05, 0) is 25.0 Å². The smallest absolute Gasteiger partial charge is 0.314 e. The Morgan fingerprint density at radius 3 is 2.67 bits per heavy atom. The van der Waals surface area contributed by atoms with E-state index in [0.717, 1.165) is 18.4 Å². The maximum atomic E-state index is 11.6. The number of para-hydroxylation sites is 1. The molecule has 0 spiro atoms. The van der Waals surface area contributed by atoms with E-state index in [2.05, 4.69) is 6.92 Å². The largest absolute Gasteiger partial charge is 0.426 e. The van der Waals surface area contributed by atoms with Crippen molar-refractivity contribution in [3.05, 3.63) is 29.8 Å². The van der Waals surface area contributed by atoms with Gasteiger partial charge < -0.3 is 4.74 Å². The highest BCUT2D eigenvalue weighted by atomic mass is 16.5. The van der Waals surface area contributed by atoms with Gasteiger partial charge in [0.15, 0.2) is 0 Å². The molecule has 0 N–H and O–H groups in total. The molecule has 2 nitrogen and oxygen atoms in total. The molecule has 82 valence electrons. The molecule has 0 amide bonds. The lowest BCUT2D eigenvalue weighted by Gasteiger charge is -2.11. The minimum atomic E-state index is -0.133. The molecule has 0 saturated carbocycles. The number of hydrogen-bond donors (Lipinski definition) is 0. The highest BCUT2D eigenvalue weighted by Gasteiger charge is 2.14. The molecule has 0 saturated heterocycles. The van der Waals surface area contributed by atoms with E-state index in [4.69, 9.17) is 4.74 Å². The fourth-order valence-electron chi connectivity index (χ4n) is 1.43. The predicted molar refractivity (Wildman–Crippen MR) is 60.9 cm³/mol. The lowest BCUT2D eigenvalue weighted by atomic mass is 10.1. The maximum Gasteiger partial charge on any atom is 0.314 e. The van der Waals surface area contributed by atoms with Gasteiger partial charge in [0.1, 0.15) is 5.75 Å². The number of carbonyl (C=O) groups is 1. The van der Waals surface area contributed by atoms with Crippen LogP contribution in [-0.2, 0) is 4.79 Å². The summed E-state index contributed by atoms with van der Waals surface area (Å²) in [4.78, 5) is 11.6. The van der Waals surface area contributed by atoms with Gasteiger partial charge in [-0.15, -0.1) is 0 Å². The van der Waals surface area contributed by atoms with Crippen molar-refractivity contribution in [1.29, 1.82) is 0 Å². The summed E-state index contributed by atoms with van der Waals surface area (Å²) in [7, 11) is 0. The van der Waals surface area contributed by atoms with Crippen LogP contribution < -0.4 is 4.74 Å². The molecule has 0 aromatic heterocycles. The molecule has 2 heteroatoms. The summed E-state index contributed by atoms with van der Waals surface area (Å²) in [6.45, 7) is 5.91. The monoisotopic (exact) mass is 206 g/mol. The molecule has 1 atom stereocenters. The normalized spacial score (nSPS) is 12.2. The molecular weight excluding hydrogens is 188 g/mol. The van der Waals surface area contributed by atoms with Gasteiger partial charge in [0.05, 0.1) is 5.92 Å². The summed E-state index contributed by atoms with van der Waals surface area (Å²) < 4.78 is 5.32. The minimum absolute atomic E-state index is 0.0189. The van der Waals surface area contributed by atoms with Crippen LogP contribution in [0.25, 0.3) is 0 Å². The van der Waals surface area contributed by atoms with E-state index in [9.17, 15) is 4.79 Å². The van der Waals surface area contributed by atoms with Crippen molar-refractivity contribution in [1.82, 2.24) is 0 Å². The van der Waals surface area contributed by atoms with E-state index in [1.54, 1.807) is 0 Å². The van der Waals surface area contributed by atoms with E-state index >= 15 is 0 Å². The van der Waals surface area contributed by atoms with Crippen LogP contribution in [0.5, 0.6) is 5.75 Å². The lowest BCUT2D eigenvalue weighted by Crippen LogP contribution is -2.17. The van der Waals surface area contributed by atoms with Gasteiger partial charge in [-0.3, -0.25) is 4.79 Å². The standard InChI is InChI=1S/C13H18O2/c1-4-7-11(3)13(14)15-12-9-6-5-8-10(12)2/h5-6,8-9,11H,4,7H2,1-3H3. The zero-order chi connectivity index (χ0) is 11.3. The minimum Gasteiger partial charge on any atom is -0.426 e. The van der Waals surface area contributed by atoms with Crippen LogP contribution in [0.2, 0.25) is 0 Å². The van der Waals surface area contributed by atoms with Crippen molar-refractivity contribution < 1.29 is 9.53 Å². The summed E-state index contributed by atoms with van der Waals surface area (Å²) in [6.07, 6.45) is 1.88. The Morgan fingerprint density at radius 1 is 1.40 bits per heavy atom. The van der Waals surface area contributed by atoms with E-state index in [0.29, 0.717) is 5.75 Å². The van der Waals surface area contributed by atoms with E-state index < -0.39 is 0 Å². The van der Waals surface area contributed by atoms with Crippen LogP contribution in [-0.4, -0.2) is 5.97 Å². The second-order valence-electron chi connectivity index (χ2n) is 3.88. The van der Waals surface area contributed by atoms with Crippen molar-refractivity contribution in [2.75, 3.05) is 0 Å². The third-order valence-corrected chi connectivity index (χ3v) is 2.43. The van der Waals surface area contributed by atoms with Crippen LogP contribution >= 0.6 is 0 Å². The van der Waals surface area contributed by atoms with Gasteiger partial charge in [0.25, 0.3) is 0 Å². The summed E-state index contributed by atoms with van der Waals surface area (Å²) >= 11 is 0. The highest BCUT2D eigenvalue weighted by Crippen LogP contribution is 2.18. The summed E-state index contributed by atoms with van der Waals surface area (Å²) in [5.74, 6) is 0.520. The van der Waals surface area contributed by atoms with Crippen molar-refractivity contribution >= 4 is 5.97 Å². The van der Waals surface area contributed by atoms with Crippen LogP contribution in [0.1, 0.15) is 32.3 Å². The van der Waals surface area contributed by atoms with Crippen LogP contribution in [0.15, 0.2) is 24.3 Å². The van der Waals surface area contributed by atoms with Gasteiger partial charge in [0, 0.05) is 0 Å². The first-order valence-electron chi connectivity index (χ1n) is 5.42. The summed E-state index contributed by atoms with van der Waals surface area (Å²) in [5, 5.41) is 0. The number of esters is 1. The van der Waals surface area contributed by atoms with Crippen LogP contribution in [0.4, 0.5) is 0 Å². The fraction of sp³-hybridized carbons (Fsp3) is 0.462. The Balaban J connectivity index is 2.62. The van der Waals surface area contributed by atoms with Gasteiger partial charge in [0.2, 0.25) is 0 Å². The average molecular weight is 206 g/mol.